The van der Waals surface area contributed by atoms with Gasteiger partial charge >= 0.3 is 5.97 Å². The minimum atomic E-state index is -3.36. The van der Waals surface area contributed by atoms with E-state index in [4.69, 9.17) is 4.74 Å². The van der Waals surface area contributed by atoms with Gasteiger partial charge in [-0.15, -0.1) is 0 Å². The highest BCUT2D eigenvalue weighted by Gasteiger charge is 2.17. The molecule has 0 fully saturated rings. The van der Waals surface area contributed by atoms with Gasteiger partial charge in [0.2, 0.25) is 0 Å². The van der Waals surface area contributed by atoms with Gasteiger partial charge in [-0.25, -0.2) is 12.8 Å². The molecule has 0 heterocycles. The summed E-state index contributed by atoms with van der Waals surface area (Å²) in [6, 6.07) is 10.5. The van der Waals surface area contributed by atoms with Gasteiger partial charge < -0.3 is 9.84 Å². The second-order valence-electron chi connectivity index (χ2n) is 6.73. The van der Waals surface area contributed by atoms with Crippen LogP contribution in [0.15, 0.2) is 47.4 Å². The first-order valence-corrected chi connectivity index (χ1v) is 10.4. The minimum absolute atomic E-state index is 0.193. The molecule has 3 rings (SSSR count). The zero-order chi connectivity index (χ0) is 20.6. The summed E-state index contributed by atoms with van der Waals surface area (Å²) in [7, 11) is -3.36. The van der Waals surface area contributed by atoms with Crippen molar-refractivity contribution in [3.05, 3.63) is 65.0 Å². The van der Waals surface area contributed by atoms with Gasteiger partial charge in [0.05, 0.1) is 11.3 Å². The van der Waals surface area contributed by atoms with Gasteiger partial charge in [0, 0.05) is 11.6 Å². The Kier molecular flexibility index (Phi) is 5.12. The highest BCUT2D eigenvalue weighted by Crippen LogP contribution is 2.37. The van der Waals surface area contributed by atoms with Crippen LogP contribution in [0.1, 0.15) is 16.7 Å². The third-order valence-electron chi connectivity index (χ3n) is 4.52. The van der Waals surface area contributed by atoms with Gasteiger partial charge in [-0.2, -0.15) is 0 Å². The van der Waals surface area contributed by atoms with Crippen molar-refractivity contribution < 1.29 is 27.4 Å². The first-order valence-electron chi connectivity index (χ1n) is 8.48. The number of carboxylic acids is 1. The van der Waals surface area contributed by atoms with E-state index in [0.717, 1.165) is 6.26 Å². The van der Waals surface area contributed by atoms with Gasteiger partial charge in [0.25, 0.3) is 0 Å². The summed E-state index contributed by atoms with van der Waals surface area (Å²) in [5, 5.41) is 10.3. The van der Waals surface area contributed by atoms with Crippen molar-refractivity contribution in [3.63, 3.8) is 0 Å². The summed E-state index contributed by atoms with van der Waals surface area (Å²) in [4.78, 5) is 11.4. The van der Waals surface area contributed by atoms with Crippen molar-refractivity contribution in [2.45, 2.75) is 25.2 Å². The van der Waals surface area contributed by atoms with E-state index >= 15 is 0 Å². The normalized spacial score (nSPS) is 11.6. The number of fused-ring (bicyclic) bond motifs is 1. The summed E-state index contributed by atoms with van der Waals surface area (Å²) in [6.07, 6.45) is 0.938. The molecular weight excluding hydrogens is 383 g/mol. The van der Waals surface area contributed by atoms with Crippen molar-refractivity contribution in [1.82, 2.24) is 0 Å². The van der Waals surface area contributed by atoms with E-state index in [1.165, 1.54) is 24.3 Å². The number of halogens is 1. The lowest BCUT2D eigenvalue weighted by Gasteiger charge is -2.16. The Morgan fingerprint density at radius 1 is 1.11 bits per heavy atom. The fourth-order valence-electron chi connectivity index (χ4n) is 3.19. The first-order chi connectivity index (χ1) is 13.1. The number of rotatable bonds is 5. The maximum Gasteiger partial charge on any atom is 0.307 e. The zero-order valence-electron chi connectivity index (χ0n) is 15.6. The summed E-state index contributed by atoms with van der Waals surface area (Å²) in [6.45, 7) is 3.38. The number of hydrogen-bond donors (Lipinski definition) is 1. The fraction of sp³-hybridized carbons (Fsp3) is 0.190. The smallest absolute Gasteiger partial charge is 0.307 e. The van der Waals surface area contributed by atoms with Crippen LogP contribution in [0.25, 0.3) is 10.8 Å². The Balaban J connectivity index is 2.16. The van der Waals surface area contributed by atoms with Crippen molar-refractivity contribution in [3.8, 4) is 11.5 Å². The second-order valence-corrected chi connectivity index (χ2v) is 8.71. The molecule has 1 N–H and O–H groups in total. The molecule has 0 radical (unpaired) electrons. The summed E-state index contributed by atoms with van der Waals surface area (Å²) in [5.74, 6) is -0.694. The van der Waals surface area contributed by atoms with E-state index < -0.39 is 21.6 Å². The number of aryl methyl sites for hydroxylation is 1. The van der Waals surface area contributed by atoms with Crippen LogP contribution in [-0.2, 0) is 21.1 Å². The zero-order valence-corrected chi connectivity index (χ0v) is 16.4. The van der Waals surface area contributed by atoms with Gasteiger partial charge in [-0.1, -0.05) is 12.1 Å². The summed E-state index contributed by atoms with van der Waals surface area (Å²) < 4.78 is 43.4. The van der Waals surface area contributed by atoms with Gasteiger partial charge in [0.1, 0.15) is 17.3 Å². The van der Waals surface area contributed by atoms with Crippen molar-refractivity contribution in [2.75, 3.05) is 6.26 Å². The lowest BCUT2D eigenvalue weighted by molar-refractivity contribution is -0.136. The molecule has 0 bridgehead atoms. The second kappa shape index (κ2) is 7.24. The third kappa shape index (κ3) is 3.99. The maximum atomic E-state index is 13.8. The van der Waals surface area contributed by atoms with E-state index in [0.29, 0.717) is 39.0 Å². The van der Waals surface area contributed by atoms with Crippen LogP contribution in [-0.4, -0.2) is 25.7 Å². The molecule has 0 amide bonds. The number of hydrogen-bond acceptors (Lipinski definition) is 4. The molecule has 0 aromatic heterocycles. The summed E-state index contributed by atoms with van der Waals surface area (Å²) in [5.41, 5.74) is 1.67. The van der Waals surface area contributed by atoms with Crippen molar-refractivity contribution in [1.29, 1.82) is 0 Å². The van der Waals surface area contributed by atoms with Crippen LogP contribution >= 0.6 is 0 Å². The van der Waals surface area contributed by atoms with Crippen molar-refractivity contribution in [2.24, 2.45) is 0 Å². The third-order valence-corrected chi connectivity index (χ3v) is 5.78. The standard InChI is InChI=1S/C21H19FO5S/c1-12-8-17(6-7-19(12)28(3,25)26)27-21-13(2)15(10-20(23)24)9-14-4-5-16(22)11-18(14)21/h4-9,11H,10H2,1-3H3,(H,23,24). The molecule has 0 saturated carbocycles. The molecule has 146 valence electrons. The Morgan fingerprint density at radius 2 is 1.82 bits per heavy atom. The molecule has 7 heteroatoms. The van der Waals surface area contributed by atoms with Crippen LogP contribution in [0, 0.1) is 19.7 Å². The molecule has 0 saturated heterocycles. The molecule has 0 aliphatic heterocycles. The van der Waals surface area contributed by atoms with E-state index in [1.807, 2.05) is 0 Å². The minimum Gasteiger partial charge on any atom is -0.481 e. The number of ether oxygens (including phenoxy) is 1. The molecule has 5 nitrogen and oxygen atoms in total. The Bertz CT molecular complexity index is 1200. The number of sulfone groups is 1. The average Bonchev–Trinajstić information content (AvgIpc) is 2.57. The van der Waals surface area contributed by atoms with Crippen LogP contribution in [0.5, 0.6) is 11.5 Å². The molecule has 0 atom stereocenters. The SMILES string of the molecule is Cc1cc(Oc2c(C)c(CC(=O)O)cc3ccc(F)cc23)ccc1S(C)(=O)=O. The van der Waals surface area contributed by atoms with E-state index in [1.54, 1.807) is 32.0 Å². The fourth-order valence-corrected chi connectivity index (χ4v) is 4.15. The van der Waals surface area contributed by atoms with Crippen LogP contribution in [0.4, 0.5) is 4.39 Å². The number of carbonyl (C=O) groups is 1. The average molecular weight is 402 g/mol. The van der Waals surface area contributed by atoms with Crippen LogP contribution in [0.3, 0.4) is 0 Å². The number of aliphatic carboxylic acids is 1. The maximum absolute atomic E-state index is 13.8. The largest absolute Gasteiger partial charge is 0.481 e. The lowest BCUT2D eigenvalue weighted by atomic mass is 9.98. The predicted molar refractivity (Wildman–Crippen MR) is 104 cm³/mol. The molecule has 3 aromatic rings. The molecular formula is C21H19FO5S. The molecule has 0 aliphatic rings. The molecule has 3 aromatic carbocycles. The number of benzene rings is 3. The molecule has 0 aliphatic carbocycles. The molecule has 0 unspecified atom stereocenters. The van der Waals surface area contributed by atoms with Crippen LogP contribution < -0.4 is 4.74 Å². The van der Waals surface area contributed by atoms with E-state index in [9.17, 15) is 22.7 Å². The first kappa shape index (κ1) is 19.8. The predicted octanol–water partition coefficient (Wildman–Crippen LogP) is 4.42. The quantitative estimate of drug-likeness (QED) is 0.683. The lowest BCUT2D eigenvalue weighted by Crippen LogP contribution is -2.04. The molecule has 28 heavy (non-hydrogen) atoms. The Morgan fingerprint density at radius 3 is 2.43 bits per heavy atom. The van der Waals surface area contributed by atoms with Crippen molar-refractivity contribution >= 4 is 26.6 Å². The van der Waals surface area contributed by atoms with Crippen LogP contribution in [0.2, 0.25) is 0 Å². The topological polar surface area (TPSA) is 80.7 Å². The molecule has 0 spiro atoms. The van der Waals surface area contributed by atoms with Gasteiger partial charge in [0.15, 0.2) is 9.84 Å². The highest BCUT2D eigenvalue weighted by atomic mass is 32.2. The monoisotopic (exact) mass is 402 g/mol. The van der Waals surface area contributed by atoms with Gasteiger partial charge in [-0.05, 0) is 66.3 Å². The summed E-state index contributed by atoms with van der Waals surface area (Å²) >= 11 is 0. The highest BCUT2D eigenvalue weighted by molar-refractivity contribution is 7.90. The van der Waals surface area contributed by atoms with Gasteiger partial charge in [-0.3, -0.25) is 4.79 Å². The van der Waals surface area contributed by atoms with E-state index in [-0.39, 0.29) is 11.3 Å². The Hall–Kier alpha value is -2.93. The van der Waals surface area contributed by atoms with E-state index in [2.05, 4.69) is 0 Å². The Labute approximate surface area is 162 Å². The number of carboxylic acid groups (broad SMARTS) is 1.